The van der Waals surface area contributed by atoms with Gasteiger partial charge in [-0.15, -0.1) is 0 Å². The zero-order chi connectivity index (χ0) is 15.7. The highest BCUT2D eigenvalue weighted by Gasteiger charge is 2.22. The molecule has 0 aliphatic carbocycles. The summed E-state index contributed by atoms with van der Waals surface area (Å²) >= 11 is 0. The number of pyridine rings is 1. The molecule has 3 aromatic rings. The second-order valence-corrected chi connectivity index (χ2v) is 5.61. The van der Waals surface area contributed by atoms with Crippen molar-refractivity contribution in [3.8, 4) is 5.82 Å². The van der Waals surface area contributed by atoms with Crippen molar-refractivity contribution in [2.75, 3.05) is 5.73 Å². The zero-order valence-corrected chi connectivity index (χ0v) is 13.4. The zero-order valence-electron chi connectivity index (χ0n) is 13.4. The highest BCUT2D eigenvalue weighted by atomic mass is 15.2. The van der Waals surface area contributed by atoms with Crippen LogP contribution < -0.4 is 10.3 Å². The number of nitrogens with two attached hydrogens (primary N) is 1. The molecule has 0 saturated carbocycles. The number of nitrogen functional groups attached to an aromatic ring is 1. The van der Waals surface area contributed by atoms with E-state index in [1.54, 1.807) is 6.20 Å². The quantitative estimate of drug-likeness (QED) is 0.753. The lowest BCUT2D eigenvalue weighted by Gasteiger charge is -2.05. The molecule has 0 fully saturated rings. The minimum absolute atomic E-state index is 0.786. The van der Waals surface area contributed by atoms with Crippen molar-refractivity contribution in [3.63, 3.8) is 0 Å². The number of rotatable bonds is 4. The van der Waals surface area contributed by atoms with Gasteiger partial charge in [0.1, 0.15) is 11.2 Å². The Hall–Kier alpha value is -2.43. The third-order valence-electron chi connectivity index (χ3n) is 4.20. The van der Waals surface area contributed by atoms with E-state index in [2.05, 4.69) is 35.3 Å². The van der Waals surface area contributed by atoms with Crippen LogP contribution in [0, 0.1) is 13.8 Å². The van der Waals surface area contributed by atoms with Crippen LogP contribution in [0.5, 0.6) is 0 Å². The van der Waals surface area contributed by atoms with E-state index in [0.29, 0.717) is 0 Å². The van der Waals surface area contributed by atoms with E-state index in [0.717, 1.165) is 53.3 Å². The van der Waals surface area contributed by atoms with E-state index >= 15 is 0 Å². The van der Waals surface area contributed by atoms with Crippen molar-refractivity contribution < 1.29 is 4.57 Å². The van der Waals surface area contributed by atoms with E-state index in [9.17, 15) is 0 Å². The van der Waals surface area contributed by atoms with Crippen molar-refractivity contribution in [2.45, 2.75) is 40.2 Å². The molecule has 114 valence electrons. The first kappa shape index (κ1) is 14.5. The van der Waals surface area contributed by atoms with Crippen LogP contribution in [-0.2, 0) is 6.54 Å². The molecular weight excluding hydrogens is 274 g/mol. The van der Waals surface area contributed by atoms with E-state index < -0.39 is 0 Å². The Bertz CT molecular complexity index is 805. The average Bonchev–Trinajstić information content (AvgIpc) is 2.80. The molecule has 2 N–H and O–H groups in total. The smallest absolute Gasteiger partial charge is 0.232 e. The van der Waals surface area contributed by atoms with Gasteiger partial charge in [-0.2, -0.15) is 0 Å². The maximum atomic E-state index is 6.41. The molecule has 22 heavy (non-hydrogen) atoms. The van der Waals surface area contributed by atoms with Gasteiger partial charge in [-0.05, 0) is 38.0 Å². The third-order valence-corrected chi connectivity index (χ3v) is 4.20. The Morgan fingerprint density at radius 2 is 2.05 bits per heavy atom. The highest BCUT2D eigenvalue weighted by Crippen LogP contribution is 2.28. The van der Waals surface area contributed by atoms with Crippen molar-refractivity contribution in [1.29, 1.82) is 0 Å². The van der Waals surface area contributed by atoms with Crippen LogP contribution in [0.4, 0.5) is 5.82 Å². The molecule has 0 atom stereocenters. The fourth-order valence-electron chi connectivity index (χ4n) is 2.82. The Morgan fingerprint density at radius 1 is 1.23 bits per heavy atom. The highest BCUT2D eigenvalue weighted by molar-refractivity contribution is 5.90. The second-order valence-electron chi connectivity index (χ2n) is 5.61. The van der Waals surface area contributed by atoms with Crippen molar-refractivity contribution in [3.05, 3.63) is 42.0 Å². The van der Waals surface area contributed by atoms with Gasteiger partial charge in [0.15, 0.2) is 0 Å². The van der Waals surface area contributed by atoms with E-state index in [-0.39, 0.29) is 0 Å². The van der Waals surface area contributed by atoms with Crippen molar-refractivity contribution in [2.24, 2.45) is 0 Å². The van der Waals surface area contributed by atoms with E-state index in [1.165, 1.54) is 0 Å². The van der Waals surface area contributed by atoms with Crippen LogP contribution in [0.2, 0.25) is 0 Å². The van der Waals surface area contributed by atoms with Gasteiger partial charge in [0.2, 0.25) is 17.8 Å². The number of unbranched alkanes of at least 4 members (excludes halogenated alkanes) is 1. The van der Waals surface area contributed by atoms with E-state index in [4.69, 9.17) is 5.73 Å². The molecule has 0 radical (unpaired) electrons. The van der Waals surface area contributed by atoms with Gasteiger partial charge >= 0.3 is 0 Å². The van der Waals surface area contributed by atoms with Crippen LogP contribution >= 0.6 is 0 Å². The first-order valence-electron chi connectivity index (χ1n) is 7.72. The predicted octanol–water partition coefficient (Wildman–Crippen LogP) is 2.71. The lowest BCUT2D eigenvalue weighted by Crippen LogP contribution is -2.37. The summed E-state index contributed by atoms with van der Waals surface area (Å²) in [6, 6.07) is 5.89. The lowest BCUT2D eigenvalue weighted by atomic mass is 10.2. The number of anilines is 1. The Morgan fingerprint density at radius 3 is 2.73 bits per heavy atom. The number of nitrogens with zero attached hydrogens (tertiary/aromatic N) is 4. The molecule has 3 aromatic heterocycles. The molecule has 0 spiro atoms. The van der Waals surface area contributed by atoms with Crippen molar-refractivity contribution in [1.82, 2.24) is 14.5 Å². The summed E-state index contributed by atoms with van der Waals surface area (Å²) < 4.78 is 4.12. The van der Waals surface area contributed by atoms with E-state index in [1.807, 2.05) is 29.1 Å². The largest absolute Gasteiger partial charge is 0.318 e. The fourth-order valence-corrected chi connectivity index (χ4v) is 2.82. The van der Waals surface area contributed by atoms with Gasteiger partial charge < -0.3 is 5.73 Å². The minimum atomic E-state index is 0.786. The van der Waals surface area contributed by atoms with Crippen molar-refractivity contribution >= 4 is 16.9 Å². The Labute approximate surface area is 130 Å². The summed E-state index contributed by atoms with van der Waals surface area (Å²) in [6.45, 7) is 7.26. The van der Waals surface area contributed by atoms with Crippen LogP contribution in [-0.4, -0.2) is 14.5 Å². The SMILES string of the molecule is CCCC[n+]1cnc2c(c(C)c(C)n2-c2ccccn2)c1N. The predicted molar refractivity (Wildman–Crippen MR) is 87.9 cm³/mol. The van der Waals surface area contributed by atoms with Gasteiger partial charge in [0, 0.05) is 11.9 Å². The molecule has 0 aliphatic rings. The summed E-state index contributed by atoms with van der Waals surface area (Å²) in [5.74, 6) is 1.66. The van der Waals surface area contributed by atoms with Gasteiger partial charge in [-0.25, -0.2) is 9.55 Å². The third kappa shape index (κ3) is 2.22. The topological polar surface area (TPSA) is 60.6 Å². The first-order valence-corrected chi connectivity index (χ1v) is 7.72. The summed E-state index contributed by atoms with van der Waals surface area (Å²) in [5.41, 5.74) is 9.57. The molecule has 0 aromatic carbocycles. The maximum Gasteiger partial charge on any atom is 0.232 e. The number of aromatic nitrogens is 4. The normalized spacial score (nSPS) is 11.2. The Kier molecular flexibility index (Phi) is 3.79. The van der Waals surface area contributed by atoms with Crippen LogP contribution in [0.1, 0.15) is 31.0 Å². The molecule has 0 aliphatic heterocycles. The van der Waals surface area contributed by atoms with Crippen LogP contribution in [0.3, 0.4) is 0 Å². The maximum absolute atomic E-state index is 6.41. The van der Waals surface area contributed by atoms with Gasteiger partial charge in [-0.1, -0.05) is 24.4 Å². The van der Waals surface area contributed by atoms with Crippen LogP contribution in [0.25, 0.3) is 16.9 Å². The number of hydrogen-bond acceptors (Lipinski definition) is 3. The molecule has 5 nitrogen and oxygen atoms in total. The second kappa shape index (κ2) is 5.75. The number of hydrogen-bond donors (Lipinski definition) is 1. The first-order chi connectivity index (χ1) is 10.6. The molecule has 0 saturated heterocycles. The number of aryl methyl sites for hydroxylation is 2. The molecule has 3 rings (SSSR count). The molecule has 0 unspecified atom stereocenters. The molecule has 0 bridgehead atoms. The summed E-state index contributed by atoms with van der Waals surface area (Å²) in [6.07, 6.45) is 5.87. The van der Waals surface area contributed by atoms with Gasteiger partial charge in [0.05, 0.1) is 6.54 Å². The minimum Gasteiger partial charge on any atom is -0.318 e. The molecule has 5 heteroatoms. The molecule has 3 heterocycles. The lowest BCUT2D eigenvalue weighted by molar-refractivity contribution is -0.684. The standard InChI is InChI=1S/C17H21N5/c1-4-5-10-21-11-20-17-15(16(21)18)12(2)13(3)22(17)14-8-6-7-9-19-14/h6-9,11,18H,4-5,10H2,1-3H3/p+1. The number of fused-ring (bicyclic) bond motifs is 1. The molecule has 0 amide bonds. The van der Waals surface area contributed by atoms with Crippen LogP contribution in [0.15, 0.2) is 30.7 Å². The summed E-state index contributed by atoms with van der Waals surface area (Å²) in [7, 11) is 0. The van der Waals surface area contributed by atoms with Gasteiger partial charge in [-0.3, -0.25) is 4.57 Å². The summed E-state index contributed by atoms with van der Waals surface area (Å²) in [5, 5.41) is 1.03. The monoisotopic (exact) mass is 296 g/mol. The Balaban J connectivity index is 2.24. The summed E-state index contributed by atoms with van der Waals surface area (Å²) in [4.78, 5) is 9.11. The fraction of sp³-hybridized carbons (Fsp3) is 0.353. The molecular formula is C17H22N5+. The van der Waals surface area contributed by atoms with Gasteiger partial charge in [0.25, 0.3) is 0 Å². The average molecular weight is 296 g/mol.